The van der Waals surface area contributed by atoms with E-state index in [1.54, 1.807) is 18.2 Å². The fourth-order valence-corrected chi connectivity index (χ4v) is 2.48. The van der Waals surface area contributed by atoms with Crippen molar-refractivity contribution < 1.29 is 13.2 Å². The Labute approximate surface area is 111 Å². The van der Waals surface area contributed by atoms with Crippen molar-refractivity contribution in [3.05, 3.63) is 28.7 Å². The first-order chi connectivity index (χ1) is 7.89. The van der Waals surface area contributed by atoms with Gasteiger partial charge in [-0.05, 0) is 32.0 Å². The summed E-state index contributed by atoms with van der Waals surface area (Å²) >= 11 is 3.28. The number of rotatable bonds is 6. The van der Waals surface area contributed by atoms with Crippen LogP contribution in [0.15, 0.2) is 28.7 Å². The highest BCUT2D eigenvalue weighted by molar-refractivity contribution is 9.10. The van der Waals surface area contributed by atoms with Gasteiger partial charge in [-0.2, -0.15) is 0 Å². The van der Waals surface area contributed by atoms with Gasteiger partial charge in [0.1, 0.15) is 0 Å². The van der Waals surface area contributed by atoms with Crippen LogP contribution in [0.25, 0.3) is 0 Å². The van der Waals surface area contributed by atoms with E-state index >= 15 is 0 Å². The molecule has 0 aliphatic heterocycles. The lowest BCUT2D eigenvalue weighted by atomic mass is 10.3. The summed E-state index contributed by atoms with van der Waals surface area (Å²) in [6.45, 7) is 3.93. The molecule has 0 atom stereocenters. The third-order valence-corrected chi connectivity index (χ3v) is 3.65. The van der Waals surface area contributed by atoms with E-state index in [1.807, 2.05) is 19.9 Å². The minimum atomic E-state index is -3.34. The molecule has 1 aromatic carbocycles. The molecule has 1 aromatic rings. The smallest absolute Gasteiger partial charge is 0.235 e. The van der Waals surface area contributed by atoms with E-state index in [-0.39, 0.29) is 18.5 Å². The van der Waals surface area contributed by atoms with Gasteiger partial charge in [0.25, 0.3) is 0 Å². The van der Waals surface area contributed by atoms with Gasteiger partial charge in [-0.25, -0.2) is 8.42 Å². The van der Waals surface area contributed by atoms with Crippen molar-refractivity contribution in [2.45, 2.75) is 20.0 Å². The van der Waals surface area contributed by atoms with Gasteiger partial charge in [0.2, 0.25) is 10.0 Å². The molecule has 0 spiro atoms. The van der Waals surface area contributed by atoms with Crippen LogP contribution in [0.2, 0.25) is 0 Å². The Bertz CT molecular complexity index is 460. The number of nitrogens with one attached hydrogen (secondary N) is 1. The van der Waals surface area contributed by atoms with Crippen molar-refractivity contribution in [2.24, 2.45) is 0 Å². The van der Waals surface area contributed by atoms with Crippen LogP contribution in [0.4, 0.5) is 5.69 Å². The fraction of sp³-hybridized carbons (Fsp3) is 0.455. The van der Waals surface area contributed by atoms with Crippen LogP contribution >= 0.6 is 15.9 Å². The molecular weight excluding hydrogens is 306 g/mol. The lowest BCUT2D eigenvalue weighted by Gasteiger charge is -2.10. The molecular formula is C11H16BrNO3S. The van der Waals surface area contributed by atoms with Crippen molar-refractivity contribution in [2.75, 3.05) is 17.1 Å². The molecule has 0 fully saturated rings. The largest absolute Gasteiger partial charge is 0.378 e. The van der Waals surface area contributed by atoms with Crippen LogP contribution in [0.5, 0.6) is 0 Å². The average Bonchev–Trinajstić information content (AvgIpc) is 2.15. The number of hydrogen-bond donors (Lipinski definition) is 1. The highest BCUT2D eigenvalue weighted by atomic mass is 79.9. The molecule has 0 aromatic heterocycles. The number of sulfonamides is 1. The Hall–Kier alpha value is -0.590. The second-order valence-electron chi connectivity index (χ2n) is 3.85. The molecule has 0 heterocycles. The molecule has 0 amide bonds. The Morgan fingerprint density at radius 2 is 2.12 bits per heavy atom. The van der Waals surface area contributed by atoms with E-state index in [0.717, 1.165) is 4.47 Å². The SMILES string of the molecule is CC(C)OCCS(=O)(=O)Nc1cccc(Br)c1. The van der Waals surface area contributed by atoms with Crippen molar-refractivity contribution in [3.8, 4) is 0 Å². The van der Waals surface area contributed by atoms with Gasteiger partial charge in [-0.1, -0.05) is 22.0 Å². The number of anilines is 1. The third-order valence-electron chi connectivity index (χ3n) is 1.90. The summed E-state index contributed by atoms with van der Waals surface area (Å²) in [5, 5.41) is 0. The number of halogens is 1. The maximum Gasteiger partial charge on any atom is 0.235 e. The van der Waals surface area contributed by atoms with Gasteiger partial charge in [-0.3, -0.25) is 4.72 Å². The van der Waals surface area contributed by atoms with E-state index < -0.39 is 10.0 Å². The first-order valence-corrected chi connectivity index (χ1v) is 7.71. The second-order valence-corrected chi connectivity index (χ2v) is 6.61. The Kier molecular flexibility index (Phi) is 5.42. The normalized spacial score (nSPS) is 11.8. The zero-order valence-corrected chi connectivity index (χ0v) is 12.2. The van der Waals surface area contributed by atoms with Crippen LogP contribution in [-0.2, 0) is 14.8 Å². The number of ether oxygens (including phenoxy) is 1. The molecule has 0 aliphatic carbocycles. The zero-order chi connectivity index (χ0) is 12.9. The van der Waals surface area contributed by atoms with Gasteiger partial charge < -0.3 is 4.74 Å². The third kappa shape index (κ3) is 6.05. The lowest BCUT2D eigenvalue weighted by Crippen LogP contribution is -2.21. The molecule has 1 rings (SSSR count). The summed E-state index contributed by atoms with van der Waals surface area (Å²) in [7, 11) is -3.34. The monoisotopic (exact) mass is 321 g/mol. The lowest BCUT2D eigenvalue weighted by molar-refractivity contribution is 0.0913. The molecule has 0 saturated heterocycles. The maximum atomic E-state index is 11.7. The minimum absolute atomic E-state index is 0.0380. The van der Waals surface area contributed by atoms with E-state index in [1.165, 1.54) is 0 Å². The van der Waals surface area contributed by atoms with Gasteiger partial charge in [0, 0.05) is 10.2 Å². The second kappa shape index (κ2) is 6.37. The summed E-state index contributed by atoms with van der Waals surface area (Å²) in [6, 6.07) is 7.01. The van der Waals surface area contributed by atoms with Gasteiger partial charge >= 0.3 is 0 Å². The predicted molar refractivity (Wildman–Crippen MR) is 72.6 cm³/mol. The molecule has 0 unspecified atom stereocenters. The summed E-state index contributed by atoms with van der Waals surface area (Å²) in [5.41, 5.74) is 0.545. The van der Waals surface area contributed by atoms with Crippen LogP contribution < -0.4 is 4.72 Å². The predicted octanol–water partition coefficient (Wildman–Crippen LogP) is 2.62. The van der Waals surface area contributed by atoms with Gasteiger partial charge in [0.15, 0.2) is 0 Å². The quantitative estimate of drug-likeness (QED) is 0.876. The molecule has 0 saturated carbocycles. The van der Waals surface area contributed by atoms with Gasteiger partial charge in [-0.15, -0.1) is 0 Å². The zero-order valence-electron chi connectivity index (χ0n) is 9.81. The van der Waals surface area contributed by atoms with E-state index in [0.29, 0.717) is 5.69 Å². The standard InChI is InChI=1S/C11H16BrNO3S/c1-9(2)16-6-7-17(14,15)13-11-5-3-4-10(12)8-11/h3-5,8-9,13H,6-7H2,1-2H3. The van der Waals surface area contributed by atoms with Crippen molar-refractivity contribution in [1.82, 2.24) is 0 Å². The van der Waals surface area contributed by atoms with Crippen molar-refractivity contribution >= 4 is 31.6 Å². The first-order valence-electron chi connectivity index (χ1n) is 5.27. The van der Waals surface area contributed by atoms with Crippen LogP contribution in [0.3, 0.4) is 0 Å². The highest BCUT2D eigenvalue weighted by Gasteiger charge is 2.10. The molecule has 0 bridgehead atoms. The van der Waals surface area contributed by atoms with E-state index in [4.69, 9.17) is 4.74 Å². The molecule has 0 radical (unpaired) electrons. The number of hydrogen-bond acceptors (Lipinski definition) is 3. The Morgan fingerprint density at radius 1 is 1.41 bits per heavy atom. The summed E-state index contributed by atoms with van der Waals surface area (Å²) < 4.78 is 31.9. The summed E-state index contributed by atoms with van der Waals surface area (Å²) in [4.78, 5) is 0. The van der Waals surface area contributed by atoms with Crippen LogP contribution in [0.1, 0.15) is 13.8 Å². The highest BCUT2D eigenvalue weighted by Crippen LogP contribution is 2.16. The van der Waals surface area contributed by atoms with Crippen LogP contribution in [0, 0.1) is 0 Å². The molecule has 96 valence electrons. The van der Waals surface area contributed by atoms with Crippen LogP contribution in [-0.4, -0.2) is 26.9 Å². The molecule has 4 nitrogen and oxygen atoms in total. The van der Waals surface area contributed by atoms with E-state index in [9.17, 15) is 8.42 Å². The maximum absolute atomic E-state index is 11.7. The Balaban J connectivity index is 2.55. The topological polar surface area (TPSA) is 55.4 Å². The van der Waals surface area contributed by atoms with Crippen molar-refractivity contribution in [3.63, 3.8) is 0 Å². The molecule has 17 heavy (non-hydrogen) atoms. The fourth-order valence-electron chi connectivity index (χ4n) is 1.18. The van der Waals surface area contributed by atoms with Gasteiger partial charge in [0.05, 0.1) is 18.5 Å². The summed E-state index contributed by atoms with van der Waals surface area (Å²) in [5.74, 6) is -0.0440. The molecule has 1 N–H and O–H groups in total. The molecule has 6 heteroatoms. The summed E-state index contributed by atoms with van der Waals surface area (Å²) in [6.07, 6.45) is 0.0380. The minimum Gasteiger partial charge on any atom is -0.378 e. The van der Waals surface area contributed by atoms with E-state index in [2.05, 4.69) is 20.7 Å². The average molecular weight is 322 g/mol. The van der Waals surface area contributed by atoms with Crippen molar-refractivity contribution in [1.29, 1.82) is 0 Å². The number of benzene rings is 1. The Morgan fingerprint density at radius 3 is 2.71 bits per heavy atom. The first kappa shape index (κ1) is 14.5. The molecule has 0 aliphatic rings.